The minimum Gasteiger partial charge on any atom is -0.377 e. The number of halogens is 3. The molecule has 4 aromatic rings. The van der Waals surface area contributed by atoms with Crippen molar-refractivity contribution in [2.45, 2.75) is 25.1 Å². The molecule has 0 spiro atoms. The molecule has 0 aliphatic heterocycles. The number of nitrogens with zero attached hydrogens (tertiary/aromatic N) is 6. The van der Waals surface area contributed by atoms with Crippen LogP contribution in [0.1, 0.15) is 34.8 Å². The van der Waals surface area contributed by atoms with Crippen molar-refractivity contribution in [2.24, 2.45) is 12.0 Å². The van der Waals surface area contributed by atoms with E-state index in [9.17, 15) is 13.2 Å². The molecule has 1 aliphatic rings. The Hall–Kier alpha value is -3.69. The van der Waals surface area contributed by atoms with E-state index in [1.165, 1.54) is 19.5 Å². The summed E-state index contributed by atoms with van der Waals surface area (Å²) >= 11 is 0. The average Bonchev–Trinajstić information content (AvgIpc) is 3.45. The van der Waals surface area contributed by atoms with E-state index in [-0.39, 0.29) is 17.2 Å². The number of anilines is 1. The number of rotatable bonds is 4. The summed E-state index contributed by atoms with van der Waals surface area (Å²) in [6.45, 7) is 0. The minimum atomic E-state index is -4.46. The molecule has 164 valence electrons. The van der Waals surface area contributed by atoms with E-state index in [1.807, 2.05) is 31.4 Å². The molecule has 0 amide bonds. The Morgan fingerprint density at radius 3 is 2.75 bits per heavy atom. The maximum atomic E-state index is 13.8. The standard InChI is InChI=1S/C22H20F3N7/c1-26-8-14-9-27-21-17(20(14)22(23,24)25)5-6-18(21)30-15-4-3-13-10-29-32(19(13)7-15)16-11-28-31(2)12-16/h3-4,7-12,18,30H,5-6H2,1-2H3/t18-/m0/s1. The molecular formula is C22H20F3N7. The first-order valence-corrected chi connectivity index (χ1v) is 10.1. The van der Waals surface area contributed by atoms with E-state index in [0.29, 0.717) is 18.5 Å². The van der Waals surface area contributed by atoms with E-state index < -0.39 is 11.7 Å². The molecule has 7 nitrogen and oxygen atoms in total. The van der Waals surface area contributed by atoms with Gasteiger partial charge in [-0.15, -0.1) is 0 Å². The first-order valence-electron chi connectivity index (χ1n) is 10.1. The topological polar surface area (TPSA) is 72.9 Å². The zero-order valence-electron chi connectivity index (χ0n) is 17.4. The number of hydrogen-bond donors (Lipinski definition) is 1. The van der Waals surface area contributed by atoms with Gasteiger partial charge in [0.05, 0.1) is 41.4 Å². The monoisotopic (exact) mass is 439 g/mol. The highest BCUT2D eigenvalue weighted by molar-refractivity contribution is 5.84. The highest BCUT2D eigenvalue weighted by Crippen LogP contribution is 2.42. The van der Waals surface area contributed by atoms with Gasteiger partial charge in [0.1, 0.15) is 5.69 Å². The molecule has 0 radical (unpaired) electrons. The number of alkyl halides is 3. The lowest BCUT2D eigenvalue weighted by atomic mass is 10.0. The van der Waals surface area contributed by atoms with Gasteiger partial charge < -0.3 is 5.32 Å². The second-order valence-corrected chi connectivity index (χ2v) is 7.78. The quantitative estimate of drug-likeness (QED) is 0.481. The van der Waals surface area contributed by atoms with Gasteiger partial charge in [0.2, 0.25) is 0 Å². The van der Waals surface area contributed by atoms with Crippen LogP contribution in [0, 0.1) is 0 Å². The average molecular weight is 439 g/mol. The Balaban J connectivity index is 1.50. The largest absolute Gasteiger partial charge is 0.417 e. The van der Waals surface area contributed by atoms with Crippen molar-refractivity contribution in [3.05, 3.63) is 65.4 Å². The molecule has 1 aromatic carbocycles. The fourth-order valence-electron chi connectivity index (χ4n) is 4.31. The minimum absolute atomic E-state index is 0.00110. The van der Waals surface area contributed by atoms with Gasteiger partial charge in [-0.25, -0.2) is 4.68 Å². The number of aliphatic imine (C=N–C) groups is 1. The highest BCUT2D eigenvalue weighted by Gasteiger charge is 2.40. The van der Waals surface area contributed by atoms with Crippen LogP contribution in [0.25, 0.3) is 16.6 Å². The lowest BCUT2D eigenvalue weighted by Gasteiger charge is -2.18. The predicted octanol–water partition coefficient (Wildman–Crippen LogP) is 4.32. The van der Waals surface area contributed by atoms with Crippen LogP contribution >= 0.6 is 0 Å². The number of hydrogen-bond acceptors (Lipinski definition) is 5. The third kappa shape index (κ3) is 3.41. The Bertz CT molecular complexity index is 1330. The van der Waals surface area contributed by atoms with Crippen molar-refractivity contribution >= 4 is 22.8 Å². The zero-order valence-corrected chi connectivity index (χ0v) is 17.4. The maximum absolute atomic E-state index is 13.8. The van der Waals surface area contributed by atoms with Crippen LogP contribution < -0.4 is 5.32 Å². The molecular weight excluding hydrogens is 419 g/mol. The van der Waals surface area contributed by atoms with Crippen LogP contribution in [0.5, 0.6) is 0 Å². The highest BCUT2D eigenvalue weighted by atomic mass is 19.4. The third-order valence-corrected chi connectivity index (χ3v) is 5.65. The van der Waals surface area contributed by atoms with Gasteiger partial charge in [-0.2, -0.15) is 23.4 Å². The van der Waals surface area contributed by atoms with E-state index in [2.05, 4.69) is 25.5 Å². The Labute approximate surface area is 181 Å². The van der Waals surface area contributed by atoms with Gasteiger partial charge in [-0.3, -0.25) is 14.7 Å². The number of benzene rings is 1. The number of aryl methyl sites for hydroxylation is 1. The molecule has 0 saturated heterocycles. The fraction of sp³-hybridized carbons (Fsp3) is 0.273. The van der Waals surface area contributed by atoms with Gasteiger partial charge >= 0.3 is 6.18 Å². The summed E-state index contributed by atoms with van der Waals surface area (Å²) in [5.41, 5.74) is 2.53. The Morgan fingerprint density at radius 2 is 2.03 bits per heavy atom. The van der Waals surface area contributed by atoms with E-state index in [4.69, 9.17) is 0 Å². The SMILES string of the molecule is CN=Cc1cnc2c(c1C(F)(F)F)CC[C@@H]2Nc1ccc2cnn(-c3cnn(C)c3)c2c1. The molecule has 5 rings (SSSR count). The zero-order chi connectivity index (χ0) is 22.5. The smallest absolute Gasteiger partial charge is 0.377 e. The van der Waals surface area contributed by atoms with Gasteiger partial charge in [-0.1, -0.05) is 0 Å². The normalized spacial score (nSPS) is 16.2. The summed E-state index contributed by atoms with van der Waals surface area (Å²) in [6.07, 6.45) is 4.19. The van der Waals surface area contributed by atoms with Crippen molar-refractivity contribution in [3.63, 3.8) is 0 Å². The van der Waals surface area contributed by atoms with E-state index in [0.717, 1.165) is 22.3 Å². The maximum Gasteiger partial charge on any atom is 0.417 e. The van der Waals surface area contributed by atoms with Crippen molar-refractivity contribution in [1.82, 2.24) is 24.5 Å². The summed E-state index contributed by atoms with van der Waals surface area (Å²) in [6, 6.07) is 5.46. The Kier molecular flexibility index (Phi) is 4.72. The summed E-state index contributed by atoms with van der Waals surface area (Å²) in [7, 11) is 3.28. The summed E-state index contributed by atoms with van der Waals surface area (Å²) in [4.78, 5) is 8.12. The van der Waals surface area contributed by atoms with Crippen molar-refractivity contribution in [2.75, 3.05) is 12.4 Å². The molecule has 3 aromatic heterocycles. The van der Waals surface area contributed by atoms with Gasteiger partial charge in [0, 0.05) is 43.1 Å². The number of aromatic nitrogens is 5. The summed E-state index contributed by atoms with van der Waals surface area (Å²) in [5.74, 6) is 0. The summed E-state index contributed by atoms with van der Waals surface area (Å²) in [5, 5.41) is 12.9. The van der Waals surface area contributed by atoms with E-state index >= 15 is 0 Å². The second kappa shape index (κ2) is 7.47. The van der Waals surface area contributed by atoms with Crippen molar-refractivity contribution in [1.29, 1.82) is 0 Å². The number of nitrogens with one attached hydrogen (secondary N) is 1. The molecule has 0 bridgehead atoms. The number of pyridine rings is 1. The fourth-order valence-corrected chi connectivity index (χ4v) is 4.31. The lowest BCUT2D eigenvalue weighted by Crippen LogP contribution is -2.15. The molecule has 0 unspecified atom stereocenters. The van der Waals surface area contributed by atoms with Crippen LogP contribution in [0.3, 0.4) is 0 Å². The Morgan fingerprint density at radius 1 is 1.19 bits per heavy atom. The van der Waals surface area contributed by atoms with Crippen molar-refractivity contribution in [3.8, 4) is 5.69 Å². The van der Waals surface area contributed by atoms with E-state index in [1.54, 1.807) is 21.8 Å². The molecule has 0 saturated carbocycles. The van der Waals surface area contributed by atoms with Crippen LogP contribution in [-0.2, 0) is 19.6 Å². The van der Waals surface area contributed by atoms with Crippen LogP contribution in [0.2, 0.25) is 0 Å². The van der Waals surface area contributed by atoms with Crippen LogP contribution in [-0.4, -0.2) is 37.8 Å². The van der Waals surface area contributed by atoms with Gasteiger partial charge in [0.15, 0.2) is 0 Å². The first kappa shape index (κ1) is 20.2. The molecule has 1 N–H and O–H groups in total. The molecule has 1 aliphatic carbocycles. The molecule has 3 heterocycles. The molecule has 32 heavy (non-hydrogen) atoms. The van der Waals surface area contributed by atoms with Gasteiger partial charge in [-0.05, 0) is 36.6 Å². The van der Waals surface area contributed by atoms with Gasteiger partial charge in [0.25, 0.3) is 0 Å². The van der Waals surface area contributed by atoms with Crippen molar-refractivity contribution < 1.29 is 13.2 Å². The molecule has 1 atom stereocenters. The summed E-state index contributed by atoms with van der Waals surface area (Å²) < 4.78 is 44.9. The molecule has 0 fully saturated rings. The van der Waals surface area contributed by atoms with Crippen LogP contribution in [0.15, 0.2) is 48.0 Å². The second-order valence-electron chi connectivity index (χ2n) is 7.78. The molecule has 10 heteroatoms. The number of fused-ring (bicyclic) bond motifs is 2. The van der Waals surface area contributed by atoms with Crippen LogP contribution in [0.4, 0.5) is 18.9 Å². The lowest BCUT2D eigenvalue weighted by molar-refractivity contribution is -0.138. The first-order chi connectivity index (χ1) is 15.3. The third-order valence-electron chi connectivity index (χ3n) is 5.65. The predicted molar refractivity (Wildman–Crippen MR) is 115 cm³/mol.